The topological polar surface area (TPSA) is 83.4 Å². The number of carboxylic acids is 1. The number of carbonyl (C=O) groups excluding carboxylic acids is 1. The largest absolute Gasteiger partial charge is 0.480 e. The second-order valence-electron chi connectivity index (χ2n) is 4.34. The zero-order valence-corrected chi connectivity index (χ0v) is 11.9. The molecule has 1 aromatic heterocycles. The van der Waals surface area contributed by atoms with E-state index >= 15 is 0 Å². The van der Waals surface area contributed by atoms with Crippen LogP contribution in [0.15, 0.2) is 36.7 Å². The van der Waals surface area contributed by atoms with Crippen LogP contribution in [-0.4, -0.2) is 33.5 Å². The molecule has 0 saturated heterocycles. The Hall–Kier alpha value is -2.47. The van der Waals surface area contributed by atoms with Crippen molar-refractivity contribution in [1.82, 2.24) is 9.97 Å². The molecule has 1 amide bonds. The van der Waals surface area contributed by atoms with Gasteiger partial charge in [-0.2, -0.15) is 0 Å². The van der Waals surface area contributed by atoms with Crippen LogP contribution >= 0.6 is 11.6 Å². The van der Waals surface area contributed by atoms with E-state index in [1.807, 2.05) is 6.92 Å². The lowest BCUT2D eigenvalue weighted by molar-refractivity contribution is -0.135. The summed E-state index contributed by atoms with van der Waals surface area (Å²) in [5, 5.41) is 9.15. The number of aryl methyl sites for hydroxylation is 1. The van der Waals surface area contributed by atoms with Gasteiger partial charge in [0.15, 0.2) is 0 Å². The molecular weight excluding hydrogens is 294 g/mol. The van der Waals surface area contributed by atoms with Gasteiger partial charge in [-0.15, -0.1) is 0 Å². The molecule has 0 saturated carbocycles. The molecule has 0 spiro atoms. The minimum atomic E-state index is -1.12. The standard InChI is InChI=1S/C14H12ClN3O3/c1-9-2-4-10(5-3-9)18(8-13(19)20)14(21)11-6-17-12(15)7-16-11/h2-7H,8H2,1H3,(H,19,20). The fourth-order valence-corrected chi connectivity index (χ4v) is 1.80. The molecule has 2 rings (SSSR count). The van der Waals surface area contributed by atoms with Crippen LogP contribution in [0.1, 0.15) is 16.1 Å². The zero-order chi connectivity index (χ0) is 15.4. The van der Waals surface area contributed by atoms with Crippen LogP contribution in [0.25, 0.3) is 0 Å². The molecule has 1 heterocycles. The quantitative estimate of drug-likeness (QED) is 0.936. The highest BCUT2D eigenvalue weighted by Crippen LogP contribution is 2.17. The summed E-state index contributed by atoms with van der Waals surface area (Å²) >= 11 is 5.62. The number of aromatic nitrogens is 2. The number of rotatable bonds is 4. The number of carboxylic acid groups (broad SMARTS) is 1. The highest BCUT2D eigenvalue weighted by Gasteiger charge is 2.21. The first kappa shape index (κ1) is 14.9. The van der Waals surface area contributed by atoms with E-state index in [1.165, 1.54) is 12.4 Å². The minimum absolute atomic E-state index is 0.0289. The Labute approximate surface area is 126 Å². The third-order valence-corrected chi connectivity index (χ3v) is 2.92. The van der Waals surface area contributed by atoms with E-state index in [4.69, 9.17) is 16.7 Å². The van der Waals surface area contributed by atoms with Crippen molar-refractivity contribution >= 4 is 29.2 Å². The highest BCUT2D eigenvalue weighted by molar-refractivity contribution is 6.29. The van der Waals surface area contributed by atoms with E-state index in [0.717, 1.165) is 10.5 Å². The Morgan fingerprint density at radius 1 is 1.19 bits per heavy atom. The number of halogens is 1. The molecule has 6 nitrogen and oxygen atoms in total. The van der Waals surface area contributed by atoms with Gasteiger partial charge >= 0.3 is 5.97 Å². The average molecular weight is 306 g/mol. The number of hydrogen-bond acceptors (Lipinski definition) is 4. The Morgan fingerprint density at radius 3 is 2.38 bits per heavy atom. The maximum absolute atomic E-state index is 12.4. The molecule has 0 bridgehead atoms. The van der Waals surface area contributed by atoms with Crippen molar-refractivity contribution in [2.24, 2.45) is 0 Å². The van der Waals surface area contributed by atoms with Crippen molar-refractivity contribution in [2.75, 3.05) is 11.4 Å². The third kappa shape index (κ3) is 3.76. The van der Waals surface area contributed by atoms with Crippen molar-refractivity contribution in [3.05, 3.63) is 53.1 Å². The molecule has 0 fully saturated rings. The number of hydrogen-bond donors (Lipinski definition) is 1. The summed E-state index contributed by atoms with van der Waals surface area (Å²) in [6.45, 7) is 1.43. The van der Waals surface area contributed by atoms with Crippen LogP contribution in [-0.2, 0) is 4.79 Å². The molecule has 0 aliphatic carbocycles. The van der Waals surface area contributed by atoms with Gasteiger partial charge in [0, 0.05) is 5.69 Å². The highest BCUT2D eigenvalue weighted by atomic mass is 35.5. The fraction of sp³-hybridized carbons (Fsp3) is 0.143. The summed E-state index contributed by atoms with van der Waals surface area (Å²) in [6.07, 6.45) is 2.45. The molecule has 7 heteroatoms. The lowest BCUT2D eigenvalue weighted by atomic mass is 10.2. The molecule has 0 radical (unpaired) electrons. The van der Waals surface area contributed by atoms with Gasteiger partial charge in [-0.1, -0.05) is 29.3 Å². The first-order valence-electron chi connectivity index (χ1n) is 6.05. The van der Waals surface area contributed by atoms with Crippen LogP contribution in [0.2, 0.25) is 5.15 Å². The summed E-state index contributed by atoms with van der Waals surface area (Å²) < 4.78 is 0. The van der Waals surface area contributed by atoms with Crippen molar-refractivity contribution in [3.63, 3.8) is 0 Å². The normalized spacial score (nSPS) is 10.2. The van der Waals surface area contributed by atoms with Gasteiger partial charge in [-0.05, 0) is 19.1 Å². The number of amides is 1. The maximum atomic E-state index is 12.4. The van der Waals surface area contributed by atoms with Crippen LogP contribution in [0, 0.1) is 6.92 Å². The van der Waals surface area contributed by atoms with E-state index in [2.05, 4.69) is 9.97 Å². The van der Waals surface area contributed by atoms with Gasteiger partial charge < -0.3 is 5.11 Å². The second kappa shape index (κ2) is 6.32. The molecule has 1 N–H and O–H groups in total. The fourth-order valence-electron chi connectivity index (χ4n) is 1.70. The van der Waals surface area contributed by atoms with Crippen molar-refractivity contribution < 1.29 is 14.7 Å². The van der Waals surface area contributed by atoms with Crippen molar-refractivity contribution in [1.29, 1.82) is 0 Å². The van der Waals surface area contributed by atoms with Gasteiger partial charge in [-0.3, -0.25) is 14.5 Å². The monoisotopic (exact) mass is 305 g/mol. The van der Waals surface area contributed by atoms with E-state index in [-0.39, 0.29) is 10.8 Å². The number of benzene rings is 1. The van der Waals surface area contributed by atoms with Gasteiger partial charge in [0.2, 0.25) is 0 Å². The zero-order valence-electron chi connectivity index (χ0n) is 11.2. The predicted octanol–water partition coefficient (Wildman–Crippen LogP) is 2.17. The van der Waals surface area contributed by atoms with E-state index in [9.17, 15) is 9.59 Å². The smallest absolute Gasteiger partial charge is 0.323 e. The summed E-state index contributed by atoms with van der Waals surface area (Å²) in [4.78, 5) is 32.2. The molecule has 0 aliphatic heterocycles. The van der Waals surface area contributed by atoms with Crippen molar-refractivity contribution in [2.45, 2.75) is 6.92 Å². The Kier molecular flexibility index (Phi) is 4.49. The lowest BCUT2D eigenvalue weighted by Crippen LogP contribution is -2.36. The molecule has 108 valence electrons. The lowest BCUT2D eigenvalue weighted by Gasteiger charge is -2.20. The van der Waals surface area contributed by atoms with Crippen LogP contribution in [0.5, 0.6) is 0 Å². The third-order valence-electron chi connectivity index (χ3n) is 2.72. The summed E-state index contributed by atoms with van der Waals surface area (Å²) in [6, 6.07) is 6.95. The molecule has 0 atom stereocenters. The van der Waals surface area contributed by atoms with Gasteiger partial charge in [0.05, 0.1) is 12.4 Å². The van der Waals surface area contributed by atoms with Gasteiger partial charge in [-0.25, -0.2) is 9.97 Å². The number of nitrogens with zero attached hydrogens (tertiary/aromatic N) is 3. The molecule has 0 aliphatic rings. The van der Waals surface area contributed by atoms with E-state index in [0.29, 0.717) is 5.69 Å². The second-order valence-corrected chi connectivity index (χ2v) is 4.73. The minimum Gasteiger partial charge on any atom is -0.480 e. The van der Waals surface area contributed by atoms with Crippen LogP contribution < -0.4 is 4.90 Å². The van der Waals surface area contributed by atoms with Gasteiger partial charge in [0.25, 0.3) is 5.91 Å². The van der Waals surface area contributed by atoms with Gasteiger partial charge in [0.1, 0.15) is 17.4 Å². The number of carbonyl (C=O) groups is 2. The van der Waals surface area contributed by atoms with Crippen molar-refractivity contribution in [3.8, 4) is 0 Å². The molecule has 21 heavy (non-hydrogen) atoms. The summed E-state index contributed by atoms with van der Waals surface area (Å²) in [7, 11) is 0. The van der Waals surface area contributed by atoms with E-state index in [1.54, 1.807) is 24.3 Å². The average Bonchev–Trinajstić information content (AvgIpc) is 2.46. The van der Waals surface area contributed by atoms with E-state index < -0.39 is 18.4 Å². The summed E-state index contributed by atoms with van der Waals surface area (Å²) in [5.74, 6) is -1.67. The first-order valence-corrected chi connectivity index (χ1v) is 6.43. The Balaban J connectivity index is 2.35. The number of anilines is 1. The Bertz CT molecular complexity index is 656. The Morgan fingerprint density at radius 2 is 1.86 bits per heavy atom. The molecule has 0 unspecified atom stereocenters. The molecular formula is C14H12ClN3O3. The summed E-state index contributed by atoms with van der Waals surface area (Å²) in [5.41, 5.74) is 1.51. The van der Waals surface area contributed by atoms with Crippen LogP contribution in [0.4, 0.5) is 5.69 Å². The SMILES string of the molecule is Cc1ccc(N(CC(=O)O)C(=O)c2cnc(Cl)cn2)cc1. The maximum Gasteiger partial charge on any atom is 0.323 e. The molecule has 2 aromatic rings. The molecule has 1 aromatic carbocycles. The predicted molar refractivity (Wildman–Crippen MR) is 77.5 cm³/mol. The van der Waals surface area contributed by atoms with Crippen LogP contribution in [0.3, 0.4) is 0 Å². The first-order chi connectivity index (χ1) is 9.97. The number of aliphatic carboxylic acids is 1.